The van der Waals surface area contributed by atoms with Crippen LogP contribution in [0, 0.1) is 0 Å². The SMILES string of the molecule is O=C(NCc1ccco1)c1cccc(CSc2nnc(-c3c[nH]c4ccccc34)o2)c1. The molecular weight excluding hydrogens is 412 g/mol. The van der Waals surface area contributed by atoms with Gasteiger partial charge in [0.15, 0.2) is 0 Å². The van der Waals surface area contributed by atoms with Crippen molar-refractivity contribution in [1.29, 1.82) is 0 Å². The first-order valence-corrected chi connectivity index (χ1v) is 10.7. The zero-order chi connectivity index (χ0) is 21.0. The van der Waals surface area contributed by atoms with Crippen LogP contribution in [0.3, 0.4) is 0 Å². The minimum Gasteiger partial charge on any atom is -0.467 e. The Kier molecular flexibility index (Phi) is 5.28. The second kappa shape index (κ2) is 8.53. The first-order valence-electron chi connectivity index (χ1n) is 9.68. The summed E-state index contributed by atoms with van der Waals surface area (Å²) in [4.78, 5) is 15.6. The van der Waals surface area contributed by atoms with E-state index in [0.717, 1.165) is 22.0 Å². The van der Waals surface area contributed by atoms with Gasteiger partial charge in [-0.1, -0.05) is 42.1 Å². The quantitative estimate of drug-likeness (QED) is 0.351. The number of hydrogen-bond acceptors (Lipinski definition) is 6. The molecule has 0 atom stereocenters. The van der Waals surface area contributed by atoms with Crippen LogP contribution in [0.25, 0.3) is 22.4 Å². The molecule has 8 heteroatoms. The number of nitrogens with zero attached hydrogens (tertiary/aromatic N) is 2. The van der Waals surface area contributed by atoms with Crippen LogP contribution in [0.2, 0.25) is 0 Å². The molecule has 0 aliphatic rings. The van der Waals surface area contributed by atoms with E-state index in [2.05, 4.69) is 20.5 Å². The first-order chi connectivity index (χ1) is 15.3. The summed E-state index contributed by atoms with van der Waals surface area (Å²) in [5, 5.41) is 12.7. The second-order valence-electron chi connectivity index (χ2n) is 6.87. The van der Waals surface area contributed by atoms with Gasteiger partial charge in [-0.2, -0.15) is 0 Å². The number of aromatic amines is 1. The summed E-state index contributed by atoms with van der Waals surface area (Å²) in [5.41, 5.74) is 3.48. The third-order valence-electron chi connectivity index (χ3n) is 4.78. The molecule has 0 aliphatic carbocycles. The van der Waals surface area contributed by atoms with Crippen molar-refractivity contribution in [3.8, 4) is 11.5 Å². The van der Waals surface area contributed by atoms with Crippen LogP contribution in [0.4, 0.5) is 0 Å². The Morgan fingerprint density at radius 3 is 2.90 bits per heavy atom. The monoisotopic (exact) mass is 430 g/mol. The van der Waals surface area contributed by atoms with E-state index in [1.165, 1.54) is 11.8 Å². The minimum atomic E-state index is -0.150. The number of thioether (sulfide) groups is 1. The topological polar surface area (TPSA) is 97.0 Å². The van der Waals surface area contributed by atoms with Crippen molar-refractivity contribution < 1.29 is 13.6 Å². The molecule has 0 saturated heterocycles. The molecule has 0 saturated carbocycles. The van der Waals surface area contributed by atoms with Gasteiger partial charge >= 0.3 is 0 Å². The van der Waals surface area contributed by atoms with E-state index in [-0.39, 0.29) is 5.91 Å². The van der Waals surface area contributed by atoms with Crippen molar-refractivity contribution in [2.24, 2.45) is 0 Å². The number of para-hydroxylation sites is 1. The Hall–Kier alpha value is -3.78. The van der Waals surface area contributed by atoms with Gasteiger partial charge in [-0.25, -0.2) is 0 Å². The Morgan fingerprint density at radius 2 is 2.00 bits per heavy atom. The van der Waals surface area contributed by atoms with E-state index in [1.54, 1.807) is 18.4 Å². The largest absolute Gasteiger partial charge is 0.467 e. The van der Waals surface area contributed by atoms with Crippen molar-refractivity contribution in [3.05, 3.63) is 90.0 Å². The molecule has 0 bridgehead atoms. The molecule has 0 spiro atoms. The lowest BCUT2D eigenvalue weighted by Crippen LogP contribution is -2.22. The Labute approximate surface area is 181 Å². The van der Waals surface area contributed by atoms with Crippen LogP contribution in [-0.4, -0.2) is 21.1 Å². The normalized spacial score (nSPS) is 11.1. The number of nitrogens with one attached hydrogen (secondary N) is 2. The molecule has 2 aromatic carbocycles. The molecule has 0 unspecified atom stereocenters. The van der Waals surface area contributed by atoms with Crippen LogP contribution in [0.1, 0.15) is 21.7 Å². The fraction of sp³-hybridized carbons (Fsp3) is 0.0870. The zero-order valence-corrected chi connectivity index (χ0v) is 17.2. The van der Waals surface area contributed by atoms with E-state index < -0.39 is 0 Å². The van der Waals surface area contributed by atoms with E-state index in [4.69, 9.17) is 8.83 Å². The van der Waals surface area contributed by atoms with Gasteiger partial charge in [0.1, 0.15) is 5.76 Å². The molecule has 0 aliphatic heterocycles. The minimum absolute atomic E-state index is 0.150. The van der Waals surface area contributed by atoms with Crippen molar-refractivity contribution in [3.63, 3.8) is 0 Å². The van der Waals surface area contributed by atoms with E-state index in [1.807, 2.05) is 54.7 Å². The number of furan rings is 1. The highest BCUT2D eigenvalue weighted by atomic mass is 32.2. The molecule has 2 N–H and O–H groups in total. The van der Waals surface area contributed by atoms with Gasteiger partial charge in [0.25, 0.3) is 17.0 Å². The maximum Gasteiger partial charge on any atom is 0.277 e. The molecule has 5 rings (SSSR count). The molecule has 3 heterocycles. The summed E-state index contributed by atoms with van der Waals surface area (Å²) in [7, 11) is 0. The third-order valence-corrected chi connectivity index (χ3v) is 5.67. The van der Waals surface area contributed by atoms with E-state index >= 15 is 0 Å². The van der Waals surface area contributed by atoms with E-state index in [9.17, 15) is 4.79 Å². The van der Waals surface area contributed by atoms with Gasteiger partial charge in [0, 0.05) is 28.4 Å². The number of amides is 1. The summed E-state index contributed by atoms with van der Waals surface area (Å²) in [5.74, 6) is 1.64. The highest BCUT2D eigenvalue weighted by molar-refractivity contribution is 7.98. The number of hydrogen-bond donors (Lipinski definition) is 2. The molecule has 0 fully saturated rings. The van der Waals surface area contributed by atoms with Gasteiger partial charge in [0.2, 0.25) is 0 Å². The van der Waals surface area contributed by atoms with Gasteiger partial charge < -0.3 is 19.1 Å². The molecule has 5 aromatic rings. The third kappa shape index (κ3) is 4.24. The Bertz CT molecular complexity index is 1320. The van der Waals surface area contributed by atoms with Gasteiger partial charge in [-0.15, -0.1) is 10.2 Å². The van der Waals surface area contributed by atoms with Gasteiger partial charge in [0.05, 0.1) is 18.4 Å². The van der Waals surface area contributed by atoms with Gasteiger partial charge in [-0.05, 0) is 35.9 Å². The van der Waals surface area contributed by atoms with Crippen LogP contribution in [0.15, 0.2) is 87.2 Å². The summed E-state index contributed by atoms with van der Waals surface area (Å²) in [6.45, 7) is 0.351. The number of benzene rings is 2. The molecule has 31 heavy (non-hydrogen) atoms. The Balaban J connectivity index is 1.23. The van der Waals surface area contributed by atoms with Crippen LogP contribution in [-0.2, 0) is 12.3 Å². The van der Waals surface area contributed by atoms with Crippen molar-refractivity contribution in [1.82, 2.24) is 20.5 Å². The number of fused-ring (bicyclic) bond motifs is 1. The number of H-pyrrole nitrogens is 1. The van der Waals surface area contributed by atoms with Crippen LogP contribution in [0.5, 0.6) is 0 Å². The summed E-state index contributed by atoms with van der Waals surface area (Å²) >= 11 is 1.43. The van der Waals surface area contributed by atoms with Gasteiger partial charge in [-0.3, -0.25) is 4.79 Å². The average molecular weight is 430 g/mol. The molecular formula is C23H18N4O3S. The summed E-state index contributed by atoms with van der Waals surface area (Å²) < 4.78 is 11.1. The molecule has 154 valence electrons. The summed E-state index contributed by atoms with van der Waals surface area (Å²) in [6.07, 6.45) is 3.46. The van der Waals surface area contributed by atoms with Crippen LogP contribution < -0.4 is 5.32 Å². The molecule has 1 amide bonds. The Morgan fingerprint density at radius 1 is 1.06 bits per heavy atom. The number of carbonyl (C=O) groups excluding carboxylic acids is 1. The lowest BCUT2D eigenvalue weighted by atomic mass is 10.1. The fourth-order valence-corrected chi connectivity index (χ4v) is 3.96. The smallest absolute Gasteiger partial charge is 0.277 e. The standard InChI is InChI=1S/C23H18N4O3S/c28-21(25-12-17-7-4-10-29-17)16-6-3-5-15(11-16)14-31-23-27-26-22(30-23)19-13-24-20-9-2-1-8-18(19)20/h1-11,13,24H,12,14H2,(H,25,28). The lowest BCUT2D eigenvalue weighted by Gasteiger charge is -2.05. The summed E-state index contributed by atoms with van der Waals surface area (Å²) in [6, 6.07) is 19.1. The lowest BCUT2D eigenvalue weighted by molar-refractivity contribution is 0.0948. The zero-order valence-electron chi connectivity index (χ0n) is 16.4. The van der Waals surface area contributed by atoms with E-state index in [0.29, 0.717) is 34.7 Å². The van der Waals surface area contributed by atoms with Crippen LogP contribution >= 0.6 is 11.8 Å². The predicted molar refractivity (Wildman–Crippen MR) is 117 cm³/mol. The first kappa shape index (κ1) is 19.2. The highest BCUT2D eigenvalue weighted by Crippen LogP contribution is 2.30. The van der Waals surface area contributed by atoms with Crippen molar-refractivity contribution >= 4 is 28.6 Å². The second-order valence-corrected chi connectivity index (χ2v) is 7.80. The number of carbonyl (C=O) groups is 1. The maximum atomic E-state index is 12.4. The predicted octanol–water partition coefficient (Wildman–Crippen LogP) is 5.03. The average Bonchev–Trinajstić information content (AvgIpc) is 3.57. The number of rotatable bonds is 7. The van der Waals surface area contributed by atoms with Crippen molar-refractivity contribution in [2.75, 3.05) is 0 Å². The highest BCUT2D eigenvalue weighted by Gasteiger charge is 2.14. The molecule has 0 radical (unpaired) electrons. The molecule has 7 nitrogen and oxygen atoms in total. The maximum absolute atomic E-state index is 12.4. The van der Waals surface area contributed by atoms with Crippen molar-refractivity contribution in [2.45, 2.75) is 17.5 Å². The molecule has 3 aromatic heterocycles. The number of aromatic nitrogens is 3. The fourth-order valence-electron chi connectivity index (χ4n) is 3.26.